The molecule has 2 aliphatic heterocycles. The van der Waals surface area contributed by atoms with Crippen molar-refractivity contribution in [2.45, 2.75) is 129 Å². The first-order valence-electron chi connectivity index (χ1n) is 20.8. The van der Waals surface area contributed by atoms with Crippen molar-refractivity contribution in [3.63, 3.8) is 0 Å². The summed E-state index contributed by atoms with van der Waals surface area (Å²) in [7, 11) is 5.22. The van der Waals surface area contributed by atoms with Crippen LogP contribution in [0.15, 0.2) is 42.6 Å². The Hall–Kier alpha value is -3.79. The van der Waals surface area contributed by atoms with Gasteiger partial charge in [0.1, 0.15) is 24.4 Å². The fourth-order valence-electron chi connectivity index (χ4n) is 8.35. The van der Waals surface area contributed by atoms with Gasteiger partial charge in [0.15, 0.2) is 11.4 Å². The van der Waals surface area contributed by atoms with Gasteiger partial charge in [-0.05, 0) is 92.6 Å². The molecule has 1 aromatic carbocycles. The van der Waals surface area contributed by atoms with Crippen molar-refractivity contribution in [1.29, 1.82) is 0 Å². The topological polar surface area (TPSA) is 163 Å². The first kappa shape index (κ1) is 47.9. The molecule has 14 nitrogen and oxygen atoms in total. The number of methoxy groups -OCH3 is 1. The number of carbonyl (C=O) groups is 4. The molecule has 0 bridgehead atoms. The van der Waals surface area contributed by atoms with E-state index in [1.807, 2.05) is 82.3 Å². The number of esters is 1. The van der Waals surface area contributed by atoms with Crippen LogP contribution >= 0.6 is 0 Å². The van der Waals surface area contributed by atoms with E-state index in [0.29, 0.717) is 26.0 Å². The van der Waals surface area contributed by atoms with E-state index in [0.717, 1.165) is 16.5 Å². The zero-order valence-electron chi connectivity index (χ0n) is 37.1. The normalized spacial score (nSPS) is 27.3. The first-order chi connectivity index (χ1) is 27.7. The van der Waals surface area contributed by atoms with Gasteiger partial charge in [-0.3, -0.25) is 24.3 Å². The standard InChI is InChI=1S/C45H67N3O11/c1-13-38(44(9)33(7)48(20-22-54-12)42(52)59-44)57-41(51)31(5)39(50)30(4)40(58-45(53)27-55-29(3)23-37(45)47(10)11)43(8,25-28(2)32(6)49)56-21-16-17-34-24-35-18-14-15-19-36(35)46-26-34/h14-19,24,26,28-31,33,37-38,40,53H,13,20-23,25,27H2,1-12H3/b17-16+/t28-,29-,30+,31-,33-,37+,38-,40-,43-,44+,45-/m1/s1. The molecule has 0 spiro atoms. The third-order valence-electron chi connectivity index (χ3n) is 12.4. The molecular formula is C45H67N3O11. The number of ether oxygens (including phenoxy) is 6. The Morgan fingerprint density at radius 1 is 1.17 bits per heavy atom. The molecule has 2 aliphatic rings. The average molecular weight is 826 g/mol. The fraction of sp³-hybridized carbons (Fsp3) is 0.667. The number of pyridine rings is 1. The second-order valence-corrected chi connectivity index (χ2v) is 17.1. The summed E-state index contributed by atoms with van der Waals surface area (Å²) in [5.41, 5.74) is -0.817. The van der Waals surface area contributed by atoms with Crippen LogP contribution in [0, 0.1) is 17.8 Å². The van der Waals surface area contributed by atoms with Gasteiger partial charge >= 0.3 is 12.1 Å². The van der Waals surface area contributed by atoms with Crippen molar-refractivity contribution in [2.24, 2.45) is 17.8 Å². The predicted molar refractivity (Wildman–Crippen MR) is 223 cm³/mol. The van der Waals surface area contributed by atoms with Crippen LogP contribution in [0.5, 0.6) is 0 Å². The van der Waals surface area contributed by atoms with Gasteiger partial charge in [-0.25, -0.2) is 4.79 Å². The average Bonchev–Trinajstić information content (AvgIpc) is 3.42. The van der Waals surface area contributed by atoms with Crippen LogP contribution in [0.25, 0.3) is 17.0 Å². The van der Waals surface area contributed by atoms with Crippen molar-refractivity contribution < 1.29 is 52.7 Å². The van der Waals surface area contributed by atoms with Gasteiger partial charge in [-0.15, -0.1) is 0 Å². The lowest BCUT2D eigenvalue weighted by atomic mass is 9.77. The second-order valence-electron chi connectivity index (χ2n) is 17.1. The van der Waals surface area contributed by atoms with Crippen molar-refractivity contribution in [1.82, 2.24) is 14.8 Å². The summed E-state index contributed by atoms with van der Waals surface area (Å²) in [6.45, 7) is 15.9. The Balaban J connectivity index is 1.67. The minimum absolute atomic E-state index is 0.0600. The van der Waals surface area contributed by atoms with E-state index in [2.05, 4.69) is 4.98 Å². The summed E-state index contributed by atoms with van der Waals surface area (Å²) in [4.78, 5) is 62.2. The molecule has 0 aliphatic carbocycles. The van der Waals surface area contributed by atoms with Crippen LogP contribution in [-0.2, 0) is 42.8 Å². The molecule has 0 unspecified atom stereocenters. The quantitative estimate of drug-likeness (QED) is 0.0906. The minimum atomic E-state index is -1.89. The molecule has 3 heterocycles. The zero-order valence-corrected chi connectivity index (χ0v) is 37.1. The van der Waals surface area contributed by atoms with Crippen LogP contribution in [-0.4, -0.2) is 138 Å². The Bertz CT molecular complexity index is 1800. The number of benzene rings is 1. The van der Waals surface area contributed by atoms with Crippen LogP contribution in [0.4, 0.5) is 4.79 Å². The lowest BCUT2D eigenvalue weighted by Gasteiger charge is -2.50. The van der Waals surface area contributed by atoms with E-state index in [1.165, 1.54) is 18.7 Å². The Labute approximate surface area is 349 Å². The number of cyclic esters (lactones) is 1. The van der Waals surface area contributed by atoms with Gasteiger partial charge in [0.25, 0.3) is 0 Å². The van der Waals surface area contributed by atoms with Crippen molar-refractivity contribution in [3.05, 3.63) is 48.2 Å². The summed E-state index contributed by atoms with van der Waals surface area (Å²) >= 11 is 0. The number of fused-ring (bicyclic) bond motifs is 1. The number of aliphatic hydroxyl groups is 1. The lowest BCUT2D eigenvalue weighted by Crippen LogP contribution is -2.64. The van der Waals surface area contributed by atoms with E-state index >= 15 is 0 Å². The summed E-state index contributed by atoms with van der Waals surface area (Å²) in [6.07, 6.45) is 3.60. The molecule has 2 fully saturated rings. The van der Waals surface area contributed by atoms with E-state index in [1.54, 1.807) is 41.0 Å². The van der Waals surface area contributed by atoms with Crippen LogP contribution in [0.1, 0.15) is 87.1 Å². The second kappa shape index (κ2) is 20.2. The van der Waals surface area contributed by atoms with Gasteiger partial charge in [-0.1, -0.05) is 51.1 Å². The molecule has 0 radical (unpaired) electrons. The Kier molecular flexibility index (Phi) is 16.4. The maximum absolute atomic E-state index is 14.6. The lowest BCUT2D eigenvalue weighted by molar-refractivity contribution is -0.333. The highest BCUT2D eigenvalue weighted by Gasteiger charge is 2.56. The molecule has 11 atom stereocenters. The molecule has 14 heteroatoms. The number of Topliss-reactive ketones (excluding diaryl/α,β-unsaturated/α-hetero) is 2. The molecule has 2 aromatic rings. The molecule has 1 amide bonds. The molecule has 1 aromatic heterocycles. The Morgan fingerprint density at radius 3 is 2.51 bits per heavy atom. The third-order valence-corrected chi connectivity index (χ3v) is 12.4. The van der Waals surface area contributed by atoms with Gasteiger partial charge in [-0.2, -0.15) is 0 Å². The number of para-hydroxylation sites is 1. The van der Waals surface area contributed by atoms with Crippen molar-refractivity contribution in [2.75, 3.05) is 47.6 Å². The van der Waals surface area contributed by atoms with Gasteiger partial charge < -0.3 is 38.4 Å². The number of amides is 1. The summed E-state index contributed by atoms with van der Waals surface area (Å²) in [5.74, 6) is -6.16. The minimum Gasteiger partial charge on any atom is -0.458 e. The number of nitrogens with zero attached hydrogens (tertiary/aromatic N) is 3. The third kappa shape index (κ3) is 11.1. The summed E-state index contributed by atoms with van der Waals surface area (Å²) < 4.78 is 36.4. The maximum Gasteiger partial charge on any atom is 0.410 e. The number of carbonyl (C=O) groups excluding carboxylic acids is 4. The van der Waals surface area contributed by atoms with Gasteiger partial charge in [0, 0.05) is 37.1 Å². The monoisotopic (exact) mass is 825 g/mol. The van der Waals surface area contributed by atoms with Crippen LogP contribution < -0.4 is 0 Å². The molecule has 328 valence electrons. The largest absolute Gasteiger partial charge is 0.458 e. The number of hydrogen-bond donors (Lipinski definition) is 1. The van der Waals surface area contributed by atoms with Gasteiger partial charge in [0.05, 0.1) is 48.6 Å². The number of ketones is 2. The van der Waals surface area contributed by atoms with E-state index in [-0.39, 0.29) is 31.5 Å². The zero-order chi connectivity index (χ0) is 43.9. The number of likely N-dealkylation sites (N-methyl/N-ethyl adjacent to an activating group) is 1. The summed E-state index contributed by atoms with van der Waals surface area (Å²) in [5, 5.41) is 13.3. The molecular weight excluding hydrogens is 759 g/mol. The van der Waals surface area contributed by atoms with Gasteiger partial charge in [0.2, 0.25) is 5.79 Å². The molecule has 59 heavy (non-hydrogen) atoms. The molecule has 0 saturated carbocycles. The fourth-order valence-corrected chi connectivity index (χ4v) is 8.35. The first-order valence-corrected chi connectivity index (χ1v) is 20.8. The van der Waals surface area contributed by atoms with Crippen LogP contribution in [0.3, 0.4) is 0 Å². The van der Waals surface area contributed by atoms with Crippen LogP contribution in [0.2, 0.25) is 0 Å². The van der Waals surface area contributed by atoms with E-state index in [9.17, 15) is 24.3 Å². The molecule has 1 N–H and O–H groups in total. The molecule has 4 rings (SSSR count). The van der Waals surface area contributed by atoms with Crippen molar-refractivity contribution >= 4 is 40.6 Å². The maximum atomic E-state index is 14.6. The highest BCUT2D eigenvalue weighted by Crippen LogP contribution is 2.40. The number of aromatic nitrogens is 1. The SMILES string of the molecule is CC[C@@H](OC(=O)[C@H](C)C(=O)[C@H](C)[C@@H](O[C@]1(O)CO[C@H](C)C[C@@H]1N(C)C)[C@@](C)(C[C@@H](C)C(C)=O)OC/C=C/c1cnc2ccccc2c1)[C@@]1(C)OC(=O)N(CCOC)[C@@H]1C. The number of rotatable bonds is 21. The summed E-state index contributed by atoms with van der Waals surface area (Å²) in [6, 6.07) is 8.84. The predicted octanol–water partition coefficient (Wildman–Crippen LogP) is 5.86. The highest BCUT2D eigenvalue weighted by molar-refractivity contribution is 6.00. The smallest absolute Gasteiger partial charge is 0.410 e. The van der Waals surface area contributed by atoms with E-state index < -0.39 is 76.9 Å². The highest BCUT2D eigenvalue weighted by atomic mass is 16.7. The molecule has 2 saturated heterocycles. The Morgan fingerprint density at radius 2 is 1.86 bits per heavy atom. The van der Waals surface area contributed by atoms with E-state index in [4.69, 9.17) is 28.4 Å². The van der Waals surface area contributed by atoms with Crippen molar-refractivity contribution in [3.8, 4) is 0 Å². The number of hydrogen-bond acceptors (Lipinski definition) is 13.